The number of halogens is 1. The molecular weight excluding hydrogens is 297 g/mol. The zero-order valence-electron chi connectivity index (χ0n) is 13.1. The van der Waals surface area contributed by atoms with Crippen LogP contribution in [0.3, 0.4) is 0 Å². The second kappa shape index (κ2) is 6.81. The molecule has 0 aliphatic carbocycles. The maximum absolute atomic E-state index is 13.0. The van der Waals surface area contributed by atoms with E-state index in [-0.39, 0.29) is 18.1 Å². The van der Waals surface area contributed by atoms with Gasteiger partial charge in [-0.25, -0.2) is 4.39 Å². The number of aromatic nitrogens is 1. The lowest BCUT2D eigenvalue weighted by molar-refractivity contribution is -0.120. The van der Waals surface area contributed by atoms with E-state index in [4.69, 9.17) is 4.52 Å². The largest absolute Gasteiger partial charge is 0.371 e. The lowest BCUT2D eigenvalue weighted by atomic mass is 10.1. The monoisotopic (exact) mass is 317 g/mol. The first kappa shape index (κ1) is 15.5. The summed E-state index contributed by atoms with van der Waals surface area (Å²) in [4.78, 5) is 14.1. The van der Waals surface area contributed by atoms with Gasteiger partial charge in [-0.15, -0.1) is 0 Å². The Labute approximate surface area is 134 Å². The SMILES string of the molecule is Cc1cc(CC(=O)NCC2CCN(c3ccc(F)cc3)C2)on1. The Morgan fingerprint density at radius 3 is 2.91 bits per heavy atom. The molecule has 1 aliphatic heterocycles. The third-order valence-electron chi connectivity index (χ3n) is 4.08. The normalized spacial score (nSPS) is 17.5. The quantitative estimate of drug-likeness (QED) is 0.919. The highest BCUT2D eigenvalue weighted by molar-refractivity contribution is 5.77. The van der Waals surface area contributed by atoms with Crippen molar-refractivity contribution in [3.8, 4) is 0 Å². The molecule has 1 aromatic carbocycles. The summed E-state index contributed by atoms with van der Waals surface area (Å²) in [5, 5.41) is 6.72. The van der Waals surface area contributed by atoms with Crippen molar-refractivity contribution in [3.63, 3.8) is 0 Å². The molecule has 2 aromatic rings. The van der Waals surface area contributed by atoms with Crippen molar-refractivity contribution in [1.29, 1.82) is 0 Å². The van der Waals surface area contributed by atoms with Crippen molar-refractivity contribution in [1.82, 2.24) is 10.5 Å². The standard InChI is InChI=1S/C17H20FN3O2/c1-12-8-16(23-20-12)9-17(22)19-10-13-6-7-21(11-13)15-4-2-14(18)3-5-15/h2-5,8,13H,6-7,9-11H2,1H3,(H,19,22). The summed E-state index contributed by atoms with van der Waals surface area (Å²) in [6.07, 6.45) is 1.23. The molecule has 1 N–H and O–H groups in total. The minimum atomic E-state index is -0.223. The second-order valence-corrected chi connectivity index (χ2v) is 5.99. The Balaban J connectivity index is 1.44. The topological polar surface area (TPSA) is 58.4 Å². The van der Waals surface area contributed by atoms with Crippen LogP contribution in [0.5, 0.6) is 0 Å². The molecule has 0 saturated carbocycles. The van der Waals surface area contributed by atoms with Gasteiger partial charge in [-0.1, -0.05) is 5.16 Å². The van der Waals surface area contributed by atoms with Gasteiger partial charge >= 0.3 is 0 Å². The Hall–Kier alpha value is -2.37. The molecule has 0 radical (unpaired) electrons. The molecule has 0 bridgehead atoms. The Bertz CT molecular complexity index is 669. The van der Waals surface area contributed by atoms with Gasteiger partial charge in [0.1, 0.15) is 11.6 Å². The van der Waals surface area contributed by atoms with Gasteiger partial charge in [0, 0.05) is 31.4 Å². The molecule has 1 aromatic heterocycles. The average molecular weight is 317 g/mol. The van der Waals surface area contributed by atoms with Crippen LogP contribution < -0.4 is 10.2 Å². The van der Waals surface area contributed by atoms with Crippen LogP contribution in [-0.4, -0.2) is 30.7 Å². The van der Waals surface area contributed by atoms with Crippen LogP contribution in [-0.2, 0) is 11.2 Å². The molecule has 2 heterocycles. The first-order valence-electron chi connectivity index (χ1n) is 7.79. The van der Waals surface area contributed by atoms with Crippen molar-refractivity contribution in [2.75, 3.05) is 24.5 Å². The molecule has 122 valence electrons. The lowest BCUT2D eigenvalue weighted by Crippen LogP contribution is -2.31. The van der Waals surface area contributed by atoms with E-state index in [9.17, 15) is 9.18 Å². The van der Waals surface area contributed by atoms with E-state index in [2.05, 4.69) is 15.4 Å². The predicted molar refractivity (Wildman–Crippen MR) is 84.7 cm³/mol. The fraction of sp³-hybridized carbons (Fsp3) is 0.412. The van der Waals surface area contributed by atoms with E-state index in [0.717, 1.165) is 30.9 Å². The molecule has 0 spiro atoms. The molecule has 1 amide bonds. The minimum Gasteiger partial charge on any atom is -0.371 e. The van der Waals surface area contributed by atoms with Crippen molar-refractivity contribution in [2.24, 2.45) is 5.92 Å². The number of benzene rings is 1. The van der Waals surface area contributed by atoms with Crippen molar-refractivity contribution in [2.45, 2.75) is 19.8 Å². The van der Waals surface area contributed by atoms with Gasteiger partial charge in [-0.3, -0.25) is 4.79 Å². The maximum atomic E-state index is 13.0. The molecule has 1 unspecified atom stereocenters. The highest BCUT2D eigenvalue weighted by Crippen LogP contribution is 2.23. The zero-order valence-corrected chi connectivity index (χ0v) is 13.1. The van der Waals surface area contributed by atoms with Crippen LogP contribution in [0.4, 0.5) is 10.1 Å². The van der Waals surface area contributed by atoms with E-state index in [0.29, 0.717) is 18.2 Å². The Kier molecular flexibility index (Phi) is 4.60. The number of nitrogens with one attached hydrogen (secondary N) is 1. The van der Waals surface area contributed by atoms with E-state index < -0.39 is 0 Å². The maximum Gasteiger partial charge on any atom is 0.227 e. The number of amides is 1. The van der Waals surface area contributed by atoms with Crippen molar-refractivity contribution in [3.05, 3.63) is 47.6 Å². The Morgan fingerprint density at radius 1 is 1.43 bits per heavy atom. The van der Waals surface area contributed by atoms with Crippen LogP contribution >= 0.6 is 0 Å². The van der Waals surface area contributed by atoms with Crippen LogP contribution in [0.1, 0.15) is 17.9 Å². The van der Waals surface area contributed by atoms with Gasteiger partial charge in [0.2, 0.25) is 5.91 Å². The summed E-state index contributed by atoms with van der Waals surface area (Å²) in [6.45, 7) is 4.26. The summed E-state index contributed by atoms with van der Waals surface area (Å²) in [7, 11) is 0. The van der Waals surface area contributed by atoms with E-state index in [1.165, 1.54) is 12.1 Å². The van der Waals surface area contributed by atoms with E-state index in [1.807, 2.05) is 6.92 Å². The summed E-state index contributed by atoms with van der Waals surface area (Å²) in [5.41, 5.74) is 1.80. The molecule has 5 nitrogen and oxygen atoms in total. The highest BCUT2D eigenvalue weighted by Gasteiger charge is 2.23. The molecule has 6 heteroatoms. The number of nitrogens with zero attached hydrogens (tertiary/aromatic N) is 2. The highest BCUT2D eigenvalue weighted by atomic mass is 19.1. The van der Waals surface area contributed by atoms with E-state index >= 15 is 0 Å². The first-order chi connectivity index (χ1) is 11.1. The Morgan fingerprint density at radius 2 is 2.22 bits per heavy atom. The minimum absolute atomic E-state index is 0.0543. The predicted octanol–water partition coefficient (Wildman–Crippen LogP) is 2.31. The van der Waals surface area contributed by atoms with Gasteiger partial charge in [0.25, 0.3) is 0 Å². The molecule has 23 heavy (non-hydrogen) atoms. The van der Waals surface area contributed by atoms with Gasteiger partial charge in [-0.2, -0.15) is 0 Å². The molecule has 1 saturated heterocycles. The van der Waals surface area contributed by atoms with Crippen molar-refractivity contribution < 1.29 is 13.7 Å². The number of aryl methyl sites for hydroxylation is 1. The summed E-state index contributed by atoms with van der Waals surface area (Å²) >= 11 is 0. The number of carbonyl (C=O) groups excluding carboxylic acids is 1. The van der Waals surface area contributed by atoms with Gasteiger partial charge in [0.05, 0.1) is 12.1 Å². The molecule has 1 aliphatic rings. The molecule has 1 atom stereocenters. The van der Waals surface area contributed by atoms with Crippen LogP contribution in [0.2, 0.25) is 0 Å². The number of rotatable bonds is 5. The number of hydrogen-bond acceptors (Lipinski definition) is 4. The molecule has 3 rings (SSSR count). The fourth-order valence-electron chi connectivity index (χ4n) is 2.86. The van der Waals surface area contributed by atoms with Crippen LogP contribution in [0, 0.1) is 18.7 Å². The summed E-state index contributed by atoms with van der Waals surface area (Å²) in [6, 6.07) is 8.31. The second-order valence-electron chi connectivity index (χ2n) is 5.99. The van der Waals surface area contributed by atoms with Gasteiger partial charge in [-0.05, 0) is 43.5 Å². The third-order valence-corrected chi connectivity index (χ3v) is 4.08. The number of hydrogen-bond donors (Lipinski definition) is 1. The van der Waals surface area contributed by atoms with Crippen molar-refractivity contribution >= 4 is 11.6 Å². The summed E-state index contributed by atoms with van der Waals surface area (Å²) in [5.74, 6) is 0.709. The van der Waals surface area contributed by atoms with Gasteiger partial charge in [0.15, 0.2) is 0 Å². The van der Waals surface area contributed by atoms with Gasteiger partial charge < -0.3 is 14.7 Å². The third kappa shape index (κ3) is 4.09. The molecule has 1 fully saturated rings. The number of carbonyl (C=O) groups is 1. The summed E-state index contributed by atoms with van der Waals surface area (Å²) < 4.78 is 18.0. The lowest BCUT2D eigenvalue weighted by Gasteiger charge is -2.18. The van der Waals surface area contributed by atoms with Crippen LogP contribution in [0.15, 0.2) is 34.9 Å². The zero-order chi connectivity index (χ0) is 16.2. The average Bonchev–Trinajstić information content (AvgIpc) is 3.15. The smallest absolute Gasteiger partial charge is 0.227 e. The van der Waals surface area contributed by atoms with Crippen LogP contribution in [0.25, 0.3) is 0 Å². The first-order valence-corrected chi connectivity index (χ1v) is 7.79. The molecular formula is C17H20FN3O2. The fourth-order valence-corrected chi connectivity index (χ4v) is 2.86. The van der Waals surface area contributed by atoms with E-state index in [1.54, 1.807) is 18.2 Å². The number of anilines is 1.